The first-order chi connectivity index (χ1) is 16.9. The number of rotatable bonds is 11. The van der Waals surface area contributed by atoms with E-state index in [9.17, 15) is 9.59 Å². The number of nitrogens with one attached hydrogen (secondary N) is 1. The molecule has 3 aromatic rings. The van der Waals surface area contributed by atoms with Crippen LogP contribution in [0.3, 0.4) is 0 Å². The fraction of sp³-hybridized carbons (Fsp3) is 0.286. The van der Waals surface area contributed by atoms with Crippen LogP contribution in [0.4, 0.5) is 0 Å². The SMILES string of the molecule is CCNC(=O)C(Cc1ccccc1)N(Cc1ccc(Cl)cc1)C(=O)Cc1ccc(OC)c(OC)c1. The van der Waals surface area contributed by atoms with E-state index in [0.717, 1.165) is 16.7 Å². The van der Waals surface area contributed by atoms with Crippen molar-refractivity contribution in [2.75, 3.05) is 20.8 Å². The Morgan fingerprint density at radius 3 is 2.17 bits per heavy atom. The van der Waals surface area contributed by atoms with Gasteiger partial charge in [-0.15, -0.1) is 0 Å². The highest BCUT2D eigenvalue weighted by Gasteiger charge is 2.30. The van der Waals surface area contributed by atoms with E-state index in [-0.39, 0.29) is 24.8 Å². The van der Waals surface area contributed by atoms with Crippen LogP contribution in [-0.2, 0) is 29.0 Å². The molecule has 0 aliphatic heterocycles. The van der Waals surface area contributed by atoms with E-state index in [0.29, 0.717) is 29.5 Å². The molecule has 0 fully saturated rings. The molecular weight excluding hydrogens is 464 g/mol. The van der Waals surface area contributed by atoms with Gasteiger partial charge in [-0.25, -0.2) is 0 Å². The van der Waals surface area contributed by atoms with Crippen molar-refractivity contribution in [2.45, 2.75) is 32.4 Å². The van der Waals surface area contributed by atoms with Crippen molar-refractivity contribution in [1.29, 1.82) is 0 Å². The first-order valence-electron chi connectivity index (χ1n) is 11.5. The van der Waals surface area contributed by atoms with Crippen LogP contribution in [0.15, 0.2) is 72.8 Å². The molecular formula is C28H31ClN2O4. The highest BCUT2D eigenvalue weighted by molar-refractivity contribution is 6.30. The predicted molar refractivity (Wildman–Crippen MR) is 138 cm³/mol. The van der Waals surface area contributed by atoms with E-state index in [4.69, 9.17) is 21.1 Å². The van der Waals surface area contributed by atoms with Crippen LogP contribution in [-0.4, -0.2) is 43.5 Å². The molecule has 1 unspecified atom stereocenters. The zero-order valence-electron chi connectivity index (χ0n) is 20.3. The highest BCUT2D eigenvalue weighted by Crippen LogP contribution is 2.28. The molecule has 0 radical (unpaired) electrons. The Morgan fingerprint density at radius 1 is 0.886 bits per heavy atom. The number of hydrogen-bond acceptors (Lipinski definition) is 4. The maximum atomic E-state index is 13.7. The maximum Gasteiger partial charge on any atom is 0.243 e. The Morgan fingerprint density at radius 2 is 1.54 bits per heavy atom. The van der Waals surface area contributed by atoms with E-state index < -0.39 is 6.04 Å². The lowest BCUT2D eigenvalue weighted by atomic mass is 10.0. The third-order valence-corrected chi connectivity index (χ3v) is 5.94. The molecule has 2 amide bonds. The van der Waals surface area contributed by atoms with Crippen molar-refractivity contribution in [2.24, 2.45) is 0 Å². The lowest BCUT2D eigenvalue weighted by Crippen LogP contribution is -2.50. The second-order valence-corrected chi connectivity index (χ2v) is 8.55. The Balaban J connectivity index is 1.95. The minimum Gasteiger partial charge on any atom is -0.493 e. The minimum atomic E-state index is -0.680. The molecule has 1 atom stereocenters. The van der Waals surface area contributed by atoms with Crippen LogP contribution >= 0.6 is 11.6 Å². The monoisotopic (exact) mass is 494 g/mol. The van der Waals surface area contributed by atoms with Gasteiger partial charge in [0.1, 0.15) is 6.04 Å². The molecule has 6 nitrogen and oxygen atoms in total. The molecule has 3 aromatic carbocycles. The molecule has 35 heavy (non-hydrogen) atoms. The zero-order chi connectivity index (χ0) is 25.2. The number of amides is 2. The lowest BCUT2D eigenvalue weighted by molar-refractivity contribution is -0.140. The lowest BCUT2D eigenvalue weighted by Gasteiger charge is -2.31. The van der Waals surface area contributed by atoms with Gasteiger partial charge in [0.15, 0.2) is 11.5 Å². The number of halogens is 1. The summed E-state index contributed by atoms with van der Waals surface area (Å²) >= 11 is 6.07. The van der Waals surface area contributed by atoms with Gasteiger partial charge in [0, 0.05) is 24.5 Å². The fourth-order valence-electron chi connectivity index (χ4n) is 3.90. The molecule has 0 saturated carbocycles. The second kappa shape index (κ2) is 12.8. The molecule has 3 rings (SSSR count). The quantitative estimate of drug-likeness (QED) is 0.420. The summed E-state index contributed by atoms with van der Waals surface area (Å²) in [5.74, 6) is 0.781. The van der Waals surface area contributed by atoms with Crippen molar-refractivity contribution in [3.63, 3.8) is 0 Å². The molecule has 7 heteroatoms. The standard InChI is InChI=1S/C28H31ClN2O4/c1-4-30-28(33)24(16-20-8-6-5-7-9-20)31(19-21-10-13-23(29)14-11-21)27(32)18-22-12-15-25(34-2)26(17-22)35-3/h5-15,17,24H,4,16,18-19H2,1-3H3,(H,30,33). The molecule has 0 spiro atoms. The summed E-state index contributed by atoms with van der Waals surface area (Å²) in [6.45, 7) is 2.62. The molecule has 0 saturated heterocycles. The minimum absolute atomic E-state index is 0.110. The third kappa shape index (κ3) is 7.23. The van der Waals surface area contributed by atoms with Gasteiger partial charge in [0.05, 0.1) is 20.6 Å². The average molecular weight is 495 g/mol. The number of likely N-dealkylation sites (N-methyl/N-ethyl adjacent to an activating group) is 1. The van der Waals surface area contributed by atoms with Crippen molar-refractivity contribution in [3.8, 4) is 11.5 Å². The Labute approximate surface area is 211 Å². The van der Waals surface area contributed by atoms with E-state index in [1.54, 1.807) is 43.4 Å². The molecule has 0 heterocycles. The van der Waals surface area contributed by atoms with Crippen molar-refractivity contribution in [3.05, 3.63) is 94.5 Å². The van der Waals surface area contributed by atoms with Crippen molar-refractivity contribution in [1.82, 2.24) is 10.2 Å². The maximum absolute atomic E-state index is 13.7. The number of benzene rings is 3. The van der Waals surface area contributed by atoms with E-state index in [1.165, 1.54) is 0 Å². The average Bonchev–Trinajstić information content (AvgIpc) is 2.87. The van der Waals surface area contributed by atoms with Crippen LogP contribution in [0.5, 0.6) is 11.5 Å². The summed E-state index contributed by atoms with van der Waals surface area (Å²) in [6.07, 6.45) is 0.510. The zero-order valence-corrected chi connectivity index (χ0v) is 21.0. The van der Waals surface area contributed by atoms with E-state index >= 15 is 0 Å². The summed E-state index contributed by atoms with van der Waals surface area (Å²) < 4.78 is 10.7. The first-order valence-corrected chi connectivity index (χ1v) is 11.9. The molecule has 184 valence electrons. The van der Waals surface area contributed by atoms with Gasteiger partial charge in [-0.3, -0.25) is 9.59 Å². The van der Waals surface area contributed by atoms with Gasteiger partial charge in [-0.2, -0.15) is 0 Å². The summed E-state index contributed by atoms with van der Waals surface area (Å²) in [6, 6.07) is 21.7. The number of carbonyl (C=O) groups excluding carboxylic acids is 2. The van der Waals surface area contributed by atoms with Gasteiger partial charge in [0.25, 0.3) is 0 Å². The number of carbonyl (C=O) groups is 2. The molecule has 0 aliphatic rings. The van der Waals surface area contributed by atoms with Gasteiger partial charge in [-0.05, 0) is 47.9 Å². The highest BCUT2D eigenvalue weighted by atomic mass is 35.5. The first kappa shape index (κ1) is 26.1. The van der Waals surface area contributed by atoms with Gasteiger partial charge in [0.2, 0.25) is 11.8 Å². The van der Waals surface area contributed by atoms with Crippen LogP contribution < -0.4 is 14.8 Å². The summed E-state index contributed by atoms with van der Waals surface area (Å²) in [4.78, 5) is 28.6. The van der Waals surface area contributed by atoms with Gasteiger partial charge in [-0.1, -0.05) is 60.1 Å². The van der Waals surface area contributed by atoms with Gasteiger partial charge >= 0.3 is 0 Å². The largest absolute Gasteiger partial charge is 0.493 e. The fourth-order valence-corrected chi connectivity index (χ4v) is 4.03. The second-order valence-electron chi connectivity index (χ2n) is 8.11. The van der Waals surface area contributed by atoms with Crippen LogP contribution in [0.1, 0.15) is 23.6 Å². The van der Waals surface area contributed by atoms with Crippen LogP contribution in [0.25, 0.3) is 0 Å². The number of ether oxygens (including phenoxy) is 2. The normalized spacial score (nSPS) is 11.4. The predicted octanol–water partition coefficient (Wildman–Crippen LogP) is 4.68. The van der Waals surface area contributed by atoms with Crippen LogP contribution in [0, 0.1) is 0 Å². The Hall–Kier alpha value is -3.51. The third-order valence-electron chi connectivity index (χ3n) is 5.69. The van der Waals surface area contributed by atoms with Crippen LogP contribution in [0.2, 0.25) is 5.02 Å². The van der Waals surface area contributed by atoms with Crippen molar-refractivity contribution < 1.29 is 19.1 Å². The Bertz CT molecular complexity index is 1120. The summed E-state index contributed by atoms with van der Waals surface area (Å²) in [5.41, 5.74) is 2.63. The Kier molecular flexibility index (Phi) is 9.56. The molecule has 0 bridgehead atoms. The van der Waals surface area contributed by atoms with E-state index in [2.05, 4.69) is 5.32 Å². The molecule has 0 aromatic heterocycles. The van der Waals surface area contributed by atoms with Gasteiger partial charge < -0.3 is 19.7 Å². The number of hydrogen-bond donors (Lipinski definition) is 1. The smallest absolute Gasteiger partial charge is 0.243 e. The molecule has 1 N–H and O–H groups in total. The molecule has 0 aliphatic carbocycles. The summed E-state index contributed by atoms with van der Waals surface area (Å²) in [5, 5.41) is 3.52. The topological polar surface area (TPSA) is 67.9 Å². The summed E-state index contributed by atoms with van der Waals surface area (Å²) in [7, 11) is 3.12. The number of methoxy groups -OCH3 is 2. The number of nitrogens with zero attached hydrogens (tertiary/aromatic N) is 1. The van der Waals surface area contributed by atoms with E-state index in [1.807, 2.05) is 55.5 Å². The van der Waals surface area contributed by atoms with Crippen molar-refractivity contribution >= 4 is 23.4 Å².